The Labute approximate surface area is 142 Å². The van der Waals surface area contributed by atoms with E-state index in [0.29, 0.717) is 12.3 Å². The first-order valence-corrected chi connectivity index (χ1v) is 7.87. The molecule has 1 atom stereocenters. The molecular formula is C17H24N4O3. The monoisotopic (exact) mass is 332 g/mol. The van der Waals surface area contributed by atoms with Crippen LogP contribution in [0.1, 0.15) is 24.9 Å². The molecule has 1 heterocycles. The fourth-order valence-corrected chi connectivity index (χ4v) is 2.38. The number of aromatic nitrogens is 2. The molecule has 0 bridgehead atoms. The van der Waals surface area contributed by atoms with E-state index in [9.17, 15) is 4.79 Å². The first-order valence-electron chi connectivity index (χ1n) is 7.87. The van der Waals surface area contributed by atoms with Crippen molar-refractivity contribution in [2.24, 2.45) is 0 Å². The Morgan fingerprint density at radius 3 is 2.83 bits per heavy atom. The van der Waals surface area contributed by atoms with Gasteiger partial charge in [0.25, 0.3) is 0 Å². The molecule has 2 N–H and O–H groups in total. The second kappa shape index (κ2) is 8.81. The number of carbonyl (C=O) groups excluding carboxylic acids is 1. The van der Waals surface area contributed by atoms with Gasteiger partial charge in [0.15, 0.2) is 0 Å². The van der Waals surface area contributed by atoms with Crippen molar-refractivity contribution < 1.29 is 14.3 Å². The zero-order valence-electron chi connectivity index (χ0n) is 14.3. The summed E-state index contributed by atoms with van der Waals surface area (Å²) in [5.41, 5.74) is 0.864. The van der Waals surface area contributed by atoms with Gasteiger partial charge in [0.1, 0.15) is 11.5 Å². The Kier molecular flexibility index (Phi) is 6.48. The van der Waals surface area contributed by atoms with Crippen molar-refractivity contribution in [2.75, 3.05) is 20.8 Å². The molecule has 2 amide bonds. The maximum Gasteiger partial charge on any atom is 0.315 e. The molecule has 1 unspecified atom stereocenters. The third kappa shape index (κ3) is 4.91. The molecule has 2 rings (SSSR count). The standard InChI is InChI=1S/C17H24N4O3/c1-13(15-12-14(23-2)6-7-16(15)24-3)20-17(22)18-8-4-10-21-11-5-9-19-21/h5-7,9,11-13H,4,8,10H2,1-3H3,(H2,18,20,22). The number of nitrogens with zero attached hydrogens (tertiary/aromatic N) is 2. The van der Waals surface area contributed by atoms with Gasteiger partial charge in [-0.05, 0) is 37.6 Å². The quantitative estimate of drug-likeness (QED) is 0.728. The number of methoxy groups -OCH3 is 2. The summed E-state index contributed by atoms with van der Waals surface area (Å²) in [5, 5.41) is 9.88. The van der Waals surface area contributed by atoms with Crippen LogP contribution in [0.5, 0.6) is 11.5 Å². The second-order valence-corrected chi connectivity index (χ2v) is 5.35. The third-order valence-corrected chi connectivity index (χ3v) is 3.66. The van der Waals surface area contributed by atoms with E-state index in [-0.39, 0.29) is 12.1 Å². The Morgan fingerprint density at radius 1 is 1.33 bits per heavy atom. The molecule has 2 aromatic rings. The summed E-state index contributed by atoms with van der Waals surface area (Å²) < 4.78 is 12.4. The van der Waals surface area contributed by atoms with Crippen molar-refractivity contribution in [2.45, 2.75) is 25.9 Å². The minimum atomic E-state index is -0.215. The van der Waals surface area contributed by atoms with Crippen LogP contribution in [-0.4, -0.2) is 36.6 Å². The van der Waals surface area contributed by atoms with Crippen molar-refractivity contribution >= 4 is 6.03 Å². The molecular weight excluding hydrogens is 308 g/mol. The van der Waals surface area contributed by atoms with Gasteiger partial charge < -0.3 is 20.1 Å². The highest BCUT2D eigenvalue weighted by Gasteiger charge is 2.15. The van der Waals surface area contributed by atoms with Crippen LogP contribution in [0.3, 0.4) is 0 Å². The van der Waals surface area contributed by atoms with Crippen molar-refractivity contribution in [3.63, 3.8) is 0 Å². The van der Waals surface area contributed by atoms with Crippen LogP contribution in [0, 0.1) is 0 Å². The Balaban J connectivity index is 1.82. The molecule has 0 radical (unpaired) electrons. The smallest absolute Gasteiger partial charge is 0.315 e. The number of hydrogen-bond donors (Lipinski definition) is 2. The van der Waals surface area contributed by atoms with Gasteiger partial charge in [0, 0.05) is 31.0 Å². The number of hydrogen-bond acceptors (Lipinski definition) is 4. The second-order valence-electron chi connectivity index (χ2n) is 5.35. The van der Waals surface area contributed by atoms with Crippen molar-refractivity contribution in [3.8, 4) is 11.5 Å². The van der Waals surface area contributed by atoms with E-state index in [1.54, 1.807) is 20.4 Å². The van der Waals surface area contributed by atoms with Crippen molar-refractivity contribution in [3.05, 3.63) is 42.2 Å². The highest BCUT2D eigenvalue weighted by Crippen LogP contribution is 2.29. The number of urea groups is 1. The topological polar surface area (TPSA) is 77.4 Å². The third-order valence-electron chi connectivity index (χ3n) is 3.66. The van der Waals surface area contributed by atoms with E-state index in [2.05, 4.69) is 15.7 Å². The SMILES string of the molecule is COc1ccc(OC)c(C(C)NC(=O)NCCCn2cccn2)c1. The highest BCUT2D eigenvalue weighted by molar-refractivity contribution is 5.74. The Hall–Kier alpha value is -2.70. The first kappa shape index (κ1) is 17.7. The molecule has 0 aliphatic heterocycles. The molecule has 0 saturated carbocycles. The summed E-state index contributed by atoms with van der Waals surface area (Å²) in [6.45, 7) is 3.25. The minimum absolute atomic E-state index is 0.207. The number of nitrogens with one attached hydrogen (secondary N) is 2. The Morgan fingerprint density at radius 2 is 2.17 bits per heavy atom. The average molecular weight is 332 g/mol. The lowest BCUT2D eigenvalue weighted by Gasteiger charge is -2.18. The number of amides is 2. The van der Waals surface area contributed by atoms with Crippen LogP contribution >= 0.6 is 0 Å². The molecule has 0 saturated heterocycles. The fraction of sp³-hybridized carbons (Fsp3) is 0.412. The van der Waals surface area contributed by atoms with E-state index in [1.807, 2.05) is 42.1 Å². The van der Waals surface area contributed by atoms with Crippen LogP contribution < -0.4 is 20.1 Å². The molecule has 0 spiro atoms. The largest absolute Gasteiger partial charge is 0.497 e. The molecule has 0 aliphatic rings. The zero-order chi connectivity index (χ0) is 17.4. The molecule has 130 valence electrons. The summed E-state index contributed by atoms with van der Waals surface area (Å²) in [5.74, 6) is 1.43. The van der Waals surface area contributed by atoms with Crippen LogP contribution in [0.4, 0.5) is 4.79 Å². The van der Waals surface area contributed by atoms with E-state index in [4.69, 9.17) is 9.47 Å². The van der Waals surface area contributed by atoms with Gasteiger partial charge in [-0.1, -0.05) is 0 Å². The summed E-state index contributed by atoms with van der Waals surface area (Å²) in [4.78, 5) is 12.0. The zero-order valence-corrected chi connectivity index (χ0v) is 14.3. The van der Waals surface area contributed by atoms with Crippen LogP contribution in [0.2, 0.25) is 0 Å². The van der Waals surface area contributed by atoms with Gasteiger partial charge >= 0.3 is 6.03 Å². The van der Waals surface area contributed by atoms with Gasteiger partial charge in [-0.25, -0.2) is 4.79 Å². The lowest BCUT2D eigenvalue weighted by atomic mass is 10.1. The highest BCUT2D eigenvalue weighted by atomic mass is 16.5. The number of carbonyl (C=O) groups is 1. The lowest BCUT2D eigenvalue weighted by Crippen LogP contribution is -2.37. The minimum Gasteiger partial charge on any atom is -0.497 e. The van der Waals surface area contributed by atoms with E-state index in [1.165, 1.54) is 0 Å². The van der Waals surface area contributed by atoms with Crippen molar-refractivity contribution in [1.29, 1.82) is 0 Å². The van der Waals surface area contributed by atoms with Gasteiger partial charge in [-0.15, -0.1) is 0 Å². The molecule has 7 heteroatoms. The number of aryl methyl sites for hydroxylation is 1. The predicted octanol–water partition coefficient (Wildman–Crippen LogP) is 2.35. The fourth-order valence-electron chi connectivity index (χ4n) is 2.38. The average Bonchev–Trinajstić information content (AvgIpc) is 3.11. The molecule has 1 aromatic carbocycles. The number of rotatable bonds is 8. The maximum absolute atomic E-state index is 12.0. The van der Waals surface area contributed by atoms with Crippen LogP contribution in [0.25, 0.3) is 0 Å². The lowest BCUT2D eigenvalue weighted by molar-refractivity contribution is 0.237. The Bertz CT molecular complexity index is 643. The van der Waals surface area contributed by atoms with Crippen LogP contribution in [-0.2, 0) is 6.54 Å². The van der Waals surface area contributed by atoms with Gasteiger partial charge in [0.05, 0.1) is 20.3 Å². The summed E-state index contributed by atoms with van der Waals surface area (Å²) in [6, 6.07) is 6.97. The van der Waals surface area contributed by atoms with Gasteiger partial charge in [-0.2, -0.15) is 5.10 Å². The van der Waals surface area contributed by atoms with Gasteiger partial charge in [0.2, 0.25) is 0 Å². The molecule has 1 aromatic heterocycles. The van der Waals surface area contributed by atoms with E-state index in [0.717, 1.165) is 24.3 Å². The van der Waals surface area contributed by atoms with Crippen molar-refractivity contribution in [1.82, 2.24) is 20.4 Å². The van der Waals surface area contributed by atoms with E-state index < -0.39 is 0 Å². The van der Waals surface area contributed by atoms with Crippen LogP contribution in [0.15, 0.2) is 36.7 Å². The van der Waals surface area contributed by atoms with Gasteiger partial charge in [-0.3, -0.25) is 4.68 Å². The van der Waals surface area contributed by atoms with E-state index >= 15 is 0 Å². The maximum atomic E-state index is 12.0. The molecule has 24 heavy (non-hydrogen) atoms. The molecule has 7 nitrogen and oxygen atoms in total. The summed E-state index contributed by atoms with van der Waals surface area (Å²) in [7, 11) is 3.21. The summed E-state index contributed by atoms with van der Waals surface area (Å²) in [6.07, 6.45) is 4.45. The number of benzene rings is 1. The normalized spacial score (nSPS) is 11.6. The number of ether oxygens (including phenoxy) is 2. The molecule has 0 aliphatic carbocycles. The first-order chi connectivity index (χ1) is 11.6. The predicted molar refractivity (Wildman–Crippen MR) is 91.3 cm³/mol. The molecule has 0 fully saturated rings. The summed E-state index contributed by atoms with van der Waals surface area (Å²) >= 11 is 0.